The maximum atomic E-state index is 12.5. The van der Waals surface area contributed by atoms with Crippen molar-refractivity contribution in [1.29, 1.82) is 0 Å². The minimum Gasteiger partial charge on any atom is -0.361 e. The Morgan fingerprint density at radius 1 is 1.04 bits per heavy atom. The van der Waals surface area contributed by atoms with E-state index >= 15 is 0 Å². The van der Waals surface area contributed by atoms with Gasteiger partial charge in [0.25, 0.3) is 5.91 Å². The van der Waals surface area contributed by atoms with Crippen molar-refractivity contribution < 1.29 is 4.79 Å². The van der Waals surface area contributed by atoms with Crippen molar-refractivity contribution in [2.45, 2.75) is 6.42 Å². The van der Waals surface area contributed by atoms with Crippen LogP contribution in [0.1, 0.15) is 15.9 Å². The van der Waals surface area contributed by atoms with E-state index in [1.165, 1.54) is 10.9 Å². The van der Waals surface area contributed by atoms with Crippen LogP contribution >= 0.6 is 0 Å². The lowest BCUT2D eigenvalue weighted by Crippen LogP contribution is -2.26. The number of nitrogens with one attached hydrogen (secondary N) is 2. The Morgan fingerprint density at radius 3 is 2.88 bits per heavy atom. The van der Waals surface area contributed by atoms with E-state index < -0.39 is 0 Å². The molecule has 0 saturated heterocycles. The van der Waals surface area contributed by atoms with Crippen molar-refractivity contribution >= 4 is 27.8 Å². The van der Waals surface area contributed by atoms with Crippen LogP contribution in [0.3, 0.4) is 0 Å². The Kier molecular flexibility index (Phi) is 3.67. The molecule has 0 unspecified atom stereocenters. The molecule has 118 valence electrons. The fourth-order valence-corrected chi connectivity index (χ4v) is 2.92. The first-order valence-corrected chi connectivity index (χ1v) is 7.86. The van der Waals surface area contributed by atoms with Crippen LogP contribution in [-0.2, 0) is 6.42 Å². The second kappa shape index (κ2) is 6.12. The number of aromatic amines is 1. The van der Waals surface area contributed by atoms with Crippen LogP contribution < -0.4 is 5.32 Å². The maximum absolute atomic E-state index is 12.5. The number of para-hydroxylation sites is 2. The summed E-state index contributed by atoms with van der Waals surface area (Å²) in [5.41, 5.74) is 4.22. The van der Waals surface area contributed by atoms with Gasteiger partial charge in [0.2, 0.25) is 0 Å². The number of nitrogens with zero attached hydrogens (tertiary/aromatic N) is 2. The number of H-pyrrole nitrogens is 1. The molecule has 0 fully saturated rings. The SMILES string of the molecule is O=C(NCCc1c[nH]c2ccccc12)c1cccc2nccnc12. The molecule has 1 amide bonds. The van der Waals surface area contributed by atoms with Crippen molar-refractivity contribution in [1.82, 2.24) is 20.3 Å². The topological polar surface area (TPSA) is 70.7 Å². The van der Waals surface area contributed by atoms with Gasteiger partial charge in [-0.15, -0.1) is 0 Å². The second-order valence-corrected chi connectivity index (χ2v) is 5.60. The van der Waals surface area contributed by atoms with E-state index in [-0.39, 0.29) is 5.91 Å². The molecular formula is C19H16N4O. The molecule has 0 aliphatic heterocycles. The van der Waals surface area contributed by atoms with Gasteiger partial charge in [0.1, 0.15) is 5.52 Å². The molecule has 5 heteroatoms. The van der Waals surface area contributed by atoms with E-state index in [1.807, 2.05) is 36.5 Å². The third-order valence-corrected chi connectivity index (χ3v) is 4.10. The monoisotopic (exact) mass is 316 g/mol. The van der Waals surface area contributed by atoms with Crippen LogP contribution in [0.25, 0.3) is 21.9 Å². The highest BCUT2D eigenvalue weighted by atomic mass is 16.1. The molecule has 5 nitrogen and oxygen atoms in total. The molecule has 2 N–H and O–H groups in total. The Morgan fingerprint density at radius 2 is 1.92 bits per heavy atom. The van der Waals surface area contributed by atoms with Gasteiger partial charge in [0.15, 0.2) is 0 Å². The third kappa shape index (κ3) is 2.60. The van der Waals surface area contributed by atoms with Crippen LogP contribution in [-0.4, -0.2) is 27.4 Å². The second-order valence-electron chi connectivity index (χ2n) is 5.60. The molecule has 2 aromatic carbocycles. The summed E-state index contributed by atoms with van der Waals surface area (Å²) in [7, 11) is 0. The summed E-state index contributed by atoms with van der Waals surface area (Å²) < 4.78 is 0. The van der Waals surface area contributed by atoms with Gasteiger partial charge in [-0.25, -0.2) is 0 Å². The molecule has 2 aromatic heterocycles. The molecule has 0 saturated carbocycles. The number of amides is 1. The first-order chi connectivity index (χ1) is 11.8. The largest absolute Gasteiger partial charge is 0.361 e. The van der Waals surface area contributed by atoms with Gasteiger partial charge in [0, 0.05) is 36.0 Å². The van der Waals surface area contributed by atoms with Crippen LogP contribution in [0.15, 0.2) is 61.1 Å². The zero-order valence-corrected chi connectivity index (χ0v) is 13.0. The Balaban J connectivity index is 1.48. The van der Waals surface area contributed by atoms with Crippen LogP contribution in [0.5, 0.6) is 0 Å². The number of carbonyl (C=O) groups is 1. The quantitative estimate of drug-likeness (QED) is 0.608. The average molecular weight is 316 g/mol. The van der Waals surface area contributed by atoms with Gasteiger partial charge in [-0.05, 0) is 30.2 Å². The van der Waals surface area contributed by atoms with E-state index in [2.05, 4.69) is 26.3 Å². The number of benzene rings is 2. The normalized spacial score (nSPS) is 11.0. The molecule has 24 heavy (non-hydrogen) atoms. The van der Waals surface area contributed by atoms with Crippen molar-refractivity contribution in [2.75, 3.05) is 6.54 Å². The molecular weight excluding hydrogens is 300 g/mol. The molecule has 4 rings (SSSR count). The smallest absolute Gasteiger partial charge is 0.253 e. The van der Waals surface area contributed by atoms with Gasteiger partial charge in [-0.2, -0.15) is 0 Å². The number of carbonyl (C=O) groups excluding carboxylic acids is 1. The van der Waals surface area contributed by atoms with E-state index in [4.69, 9.17) is 0 Å². The minimum absolute atomic E-state index is 0.124. The molecule has 4 aromatic rings. The van der Waals surface area contributed by atoms with Gasteiger partial charge < -0.3 is 10.3 Å². The van der Waals surface area contributed by atoms with E-state index in [9.17, 15) is 4.79 Å². The van der Waals surface area contributed by atoms with Crippen molar-refractivity contribution in [3.8, 4) is 0 Å². The van der Waals surface area contributed by atoms with E-state index in [1.54, 1.807) is 18.5 Å². The Hall–Kier alpha value is -3.21. The summed E-state index contributed by atoms with van der Waals surface area (Å²) in [6.07, 6.45) is 6.00. The summed E-state index contributed by atoms with van der Waals surface area (Å²) in [6.45, 7) is 0.567. The summed E-state index contributed by atoms with van der Waals surface area (Å²) >= 11 is 0. The molecule has 0 bridgehead atoms. The number of fused-ring (bicyclic) bond motifs is 2. The summed E-state index contributed by atoms with van der Waals surface area (Å²) in [5.74, 6) is -0.124. The molecule has 0 radical (unpaired) electrons. The number of aromatic nitrogens is 3. The van der Waals surface area contributed by atoms with Crippen LogP contribution in [0, 0.1) is 0 Å². The Bertz CT molecular complexity index is 1020. The number of rotatable bonds is 4. The number of hydrogen-bond acceptors (Lipinski definition) is 3. The van der Waals surface area contributed by atoms with E-state index in [0.717, 1.165) is 17.5 Å². The standard InChI is InChI=1S/C19H16N4O/c24-19(15-5-3-7-17-18(15)21-11-10-20-17)22-9-8-13-12-23-16-6-2-1-4-14(13)16/h1-7,10-12,23H,8-9H2,(H,22,24). The lowest BCUT2D eigenvalue weighted by atomic mass is 10.1. The fourth-order valence-electron chi connectivity index (χ4n) is 2.92. The van der Waals surface area contributed by atoms with E-state index in [0.29, 0.717) is 17.6 Å². The fraction of sp³-hybridized carbons (Fsp3) is 0.105. The molecule has 0 atom stereocenters. The predicted molar refractivity (Wildman–Crippen MR) is 93.9 cm³/mol. The van der Waals surface area contributed by atoms with Crippen LogP contribution in [0.2, 0.25) is 0 Å². The molecule has 0 aliphatic carbocycles. The molecule has 0 spiro atoms. The Labute approximate surface area is 138 Å². The summed E-state index contributed by atoms with van der Waals surface area (Å²) in [6, 6.07) is 13.6. The van der Waals surface area contributed by atoms with Crippen molar-refractivity contribution in [3.05, 3.63) is 72.2 Å². The lowest BCUT2D eigenvalue weighted by molar-refractivity contribution is 0.0955. The first-order valence-electron chi connectivity index (χ1n) is 7.86. The highest BCUT2D eigenvalue weighted by Gasteiger charge is 2.11. The van der Waals surface area contributed by atoms with Gasteiger partial charge in [-0.1, -0.05) is 24.3 Å². The zero-order valence-electron chi connectivity index (χ0n) is 13.0. The van der Waals surface area contributed by atoms with Crippen LogP contribution in [0.4, 0.5) is 0 Å². The highest BCUT2D eigenvalue weighted by Crippen LogP contribution is 2.18. The summed E-state index contributed by atoms with van der Waals surface area (Å²) in [5, 5.41) is 4.17. The zero-order chi connectivity index (χ0) is 16.4. The highest BCUT2D eigenvalue weighted by molar-refractivity contribution is 6.04. The van der Waals surface area contributed by atoms with Crippen molar-refractivity contribution in [3.63, 3.8) is 0 Å². The molecule has 2 heterocycles. The lowest BCUT2D eigenvalue weighted by Gasteiger charge is -2.07. The van der Waals surface area contributed by atoms with Gasteiger partial charge in [-0.3, -0.25) is 14.8 Å². The minimum atomic E-state index is -0.124. The predicted octanol–water partition coefficient (Wildman–Crippen LogP) is 3.08. The van der Waals surface area contributed by atoms with Gasteiger partial charge >= 0.3 is 0 Å². The van der Waals surface area contributed by atoms with Crippen molar-refractivity contribution in [2.24, 2.45) is 0 Å². The summed E-state index contributed by atoms with van der Waals surface area (Å²) in [4.78, 5) is 24.2. The third-order valence-electron chi connectivity index (χ3n) is 4.10. The first kappa shape index (κ1) is 14.4. The number of hydrogen-bond donors (Lipinski definition) is 2. The molecule has 0 aliphatic rings. The van der Waals surface area contributed by atoms with Gasteiger partial charge in [0.05, 0.1) is 11.1 Å². The average Bonchev–Trinajstić information content (AvgIpc) is 3.04. The maximum Gasteiger partial charge on any atom is 0.253 e.